The SMILES string of the molecule is CCCCCCCCCCCC/C=C/CCCCCc1cccc2ccccc12. The average molecular weight is 393 g/mol. The van der Waals surface area contributed by atoms with Crippen LogP contribution in [0.5, 0.6) is 0 Å². The normalized spacial score (nSPS) is 11.6. The summed E-state index contributed by atoms with van der Waals surface area (Å²) in [5, 5.41) is 2.81. The largest absolute Gasteiger partial charge is 0.0885 e. The Morgan fingerprint density at radius 2 is 1.10 bits per heavy atom. The van der Waals surface area contributed by atoms with Gasteiger partial charge in [0.05, 0.1) is 0 Å². The second-order valence-electron chi connectivity index (χ2n) is 8.68. The monoisotopic (exact) mass is 392 g/mol. The molecular formula is C29H44. The van der Waals surface area contributed by atoms with Crippen LogP contribution in [0.4, 0.5) is 0 Å². The molecule has 0 atom stereocenters. The van der Waals surface area contributed by atoms with E-state index in [1.165, 1.54) is 119 Å². The highest BCUT2D eigenvalue weighted by Gasteiger charge is 1.99. The van der Waals surface area contributed by atoms with Crippen molar-refractivity contribution in [1.29, 1.82) is 0 Å². The van der Waals surface area contributed by atoms with Gasteiger partial charge in [0.1, 0.15) is 0 Å². The van der Waals surface area contributed by atoms with E-state index < -0.39 is 0 Å². The highest BCUT2D eigenvalue weighted by atomic mass is 14.0. The predicted octanol–water partition coefficient (Wildman–Crippen LogP) is 9.81. The fourth-order valence-electron chi connectivity index (χ4n) is 4.25. The van der Waals surface area contributed by atoms with Crippen molar-refractivity contribution in [3.05, 3.63) is 60.2 Å². The average Bonchev–Trinajstić information content (AvgIpc) is 2.76. The topological polar surface area (TPSA) is 0 Å². The molecule has 0 bridgehead atoms. The Labute approximate surface area is 180 Å². The van der Waals surface area contributed by atoms with E-state index in [4.69, 9.17) is 0 Å². The molecule has 29 heavy (non-hydrogen) atoms. The van der Waals surface area contributed by atoms with Gasteiger partial charge in [0.25, 0.3) is 0 Å². The van der Waals surface area contributed by atoms with E-state index in [0.717, 1.165) is 0 Å². The van der Waals surface area contributed by atoms with E-state index in [-0.39, 0.29) is 0 Å². The van der Waals surface area contributed by atoms with Crippen molar-refractivity contribution in [1.82, 2.24) is 0 Å². The fourth-order valence-corrected chi connectivity index (χ4v) is 4.25. The molecule has 160 valence electrons. The third-order valence-corrected chi connectivity index (χ3v) is 6.09. The van der Waals surface area contributed by atoms with Crippen LogP contribution >= 0.6 is 0 Å². The molecule has 2 rings (SSSR count). The van der Waals surface area contributed by atoms with Gasteiger partial charge in [-0.2, -0.15) is 0 Å². The number of allylic oxidation sites excluding steroid dienone is 2. The summed E-state index contributed by atoms with van der Waals surface area (Å²) in [5.74, 6) is 0. The molecule has 0 saturated carbocycles. The first-order valence-electron chi connectivity index (χ1n) is 12.5. The van der Waals surface area contributed by atoms with Gasteiger partial charge in [-0.3, -0.25) is 0 Å². The van der Waals surface area contributed by atoms with E-state index in [1.807, 2.05) is 0 Å². The summed E-state index contributed by atoms with van der Waals surface area (Å²) in [4.78, 5) is 0. The molecule has 0 unspecified atom stereocenters. The Morgan fingerprint density at radius 1 is 0.552 bits per heavy atom. The van der Waals surface area contributed by atoms with Crippen LogP contribution in [0.15, 0.2) is 54.6 Å². The Hall–Kier alpha value is -1.56. The lowest BCUT2D eigenvalue weighted by atomic mass is 9.99. The molecule has 0 spiro atoms. The Bertz CT molecular complexity index is 661. The van der Waals surface area contributed by atoms with Crippen LogP contribution in [0.3, 0.4) is 0 Å². The maximum absolute atomic E-state index is 2.43. The highest BCUT2D eigenvalue weighted by Crippen LogP contribution is 2.20. The van der Waals surface area contributed by atoms with Crippen LogP contribution in [-0.2, 0) is 6.42 Å². The number of unbranched alkanes of at least 4 members (excludes halogenated alkanes) is 13. The van der Waals surface area contributed by atoms with Gasteiger partial charge >= 0.3 is 0 Å². The molecule has 0 radical (unpaired) electrons. The molecule has 0 saturated heterocycles. The zero-order valence-corrected chi connectivity index (χ0v) is 19.0. The third kappa shape index (κ3) is 10.7. The first kappa shape index (κ1) is 23.7. The number of hydrogen-bond acceptors (Lipinski definition) is 0. The second kappa shape index (κ2) is 16.3. The minimum absolute atomic E-state index is 1.21. The molecule has 2 aromatic rings. The lowest BCUT2D eigenvalue weighted by Gasteiger charge is -2.06. The molecule has 0 amide bonds. The molecule has 0 aliphatic carbocycles. The Morgan fingerprint density at radius 3 is 1.79 bits per heavy atom. The lowest BCUT2D eigenvalue weighted by Crippen LogP contribution is -1.88. The summed E-state index contributed by atoms with van der Waals surface area (Å²) < 4.78 is 0. The maximum Gasteiger partial charge on any atom is -0.0152 e. The van der Waals surface area contributed by atoms with Crippen LogP contribution in [-0.4, -0.2) is 0 Å². The van der Waals surface area contributed by atoms with Gasteiger partial charge in [-0.25, -0.2) is 0 Å². The number of hydrogen-bond donors (Lipinski definition) is 0. The summed E-state index contributed by atoms with van der Waals surface area (Å²) >= 11 is 0. The summed E-state index contributed by atoms with van der Waals surface area (Å²) in [6.07, 6.45) is 26.9. The van der Waals surface area contributed by atoms with Gasteiger partial charge in [-0.15, -0.1) is 0 Å². The molecule has 0 nitrogen and oxygen atoms in total. The van der Waals surface area contributed by atoms with Crippen LogP contribution in [0.1, 0.15) is 109 Å². The van der Waals surface area contributed by atoms with Crippen molar-refractivity contribution in [3.8, 4) is 0 Å². The number of fused-ring (bicyclic) bond motifs is 1. The van der Waals surface area contributed by atoms with Crippen LogP contribution in [0, 0.1) is 0 Å². The molecule has 0 fully saturated rings. The van der Waals surface area contributed by atoms with Gasteiger partial charge in [0, 0.05) is 0 Å². The number of aryl methyl sites for hydroxylation is 1. The van der Waals surface area contributed by atoms with Crippen molar-refractivity contribution < 1.29 is 0 Å². The molecule has 0 aliphatic rings. The molecular weight excluding hydrogens is 348 g/mol. The van der Waals surface area contributed by atoms with Gasteiger partial charge in [-0.1, -0.05) is 126 Å². The van der Waals surface area contributed by atoms with Crippen LogP contribution in [0.2, 0.25) is 0 Å². The Balaban J connectivity index is 1.40. The van der Waals surface area contributed by atoms with E-state index >= 15 is 0 Å². The molecule has 0 aliphatic heterocycles. The van der Waals surface area contributed by atoms with Crippen LogP contribution in [0.25, 0.3) is 10.8 Å². The van der Waals surface area contributed by atoms with E-state index in [9.17, 15) is 0 Å². The standard InChI is InChI=1S/C29H44/c1-2-3-4-5-6-7-8-9-10-11-12-13-14-15-16-17-18-22-27-24-21-25-28-23-19-20-26-29(27)28/h13-14,19-21,23-26H,2-12,15-18,22H2,1H3/b14-13+. The van der Waals surface area contributed by atoms with Gasteiger partial charge in [0.15, 0.2) is 0 Å². The van der Waals surface area contributed by atoms with Crippen molar-refractivity contribution in [2.45, 2.75) is 110 Å². The first-order valence-corrected chi connectivity index (χ1v) is 12.5. The zero-order valence-electron chi connectivity index (χ0n) is 19.0. The van der Waals surface area contributed by atoms with Crippen molar-refractivity contribution in [2.75, 3.05) is 0 Å². The minimum Gasteiger partial charge on any atom is -0.0885 e. The smallest absolute Gasteiger partial charge is 0.0152 e. The van der Waals surface area contributed by atoms with Crippen molar-refractivity contribution >= 4 is 10.8 Å². The molecule has 2 aromatic carbocycles. The summed E-state index contributed by atoms with van der Waals surface area (Å²) in [7, 11) is 0. The molecule has 0 aromatic heterocycles. The number of benzene rings is 2. The van der Waals surface area contributed by atoms with E-state index in [2.05, 4.69) is 61.5 Å². The minimum atomic E-state index is 1.21. The summed E-state index contributed by atoms with van der Waals surface area (Å²) in [5.41, 5.74) is 1.51. The summed E-state index contributed by atoms with van der Waals surface area (Å²) in [6, 6.07) is 15.5. The van der Waals surface area contributed by atoms with Gasteiger partial charge < -0.3 is 0 Å². The molecule has 0 N–H and O–H groups in total. The highest BCUT2D eigenvalue weighted by molar-refractivity contribution is 5.85. The maximum atomic E-state index is 2.43. The number of rotatable bonds is 17. The predicted molar refractivity (Wildman–Crippen MR) is 132 cm³/mol. The third-order valence-electron chi connectivity index (χ3n) is 6.09. The Kier molecular flexibility index (Phi) is 13.3. The van der Waals surface area contributed by atoms with Gasteiger partial charge in [-0.05, 0) is 54.9 Å². The molecule has 0 heterocycles. The fraction of sp³-hybridized carbons (Fsp3) is 0.586. The quantitative estimate of drug-likeness (QED) is 0.185. The van der Waals surface area contributed by atoms with E-state index in [1.54, 1.807) is 0 Å². The first-order chi connectivity index (χ1) is 14.4. The second-order valence-corrected chi connectivity index (χ2v) is 8.68. The van der Waals surface area contributed by atoms with E-state index in [0.29, 0.717) is 0 Å². The van der Waals surface area contributed by atoms with Crippen LogP contribution < -0.4 is 0 Å². The zero-order chi connectivity index (χ0) is 20.4. The van der Waals surface area contributed by atoms with Crippen molar-refractivity contribution in [2.24, 2.45) is 0 Å². The lowest BCUT2D eigenvalue weighted by molar-refractivity contribution is 0.557. The van der Waals surface area contributed by atoms with Crippen molar-refractivity contribution in [3.63, 3.8) is 0 Å². The molecule has 0 heteroatoms. The summed E-state index contributed by atoms with van der Waals surface area (Å²) in [6.45, 7) is 2.29. The van der Waals surface area contributed by atoms with Gasteiger partial charge in [0.2, 0.25) is 0 Å².